The fourth-order valence-corrected chi connectivity index (χ4v) is 1.99. The van der Waals surface area contributed by atoms with Gasteiger partial charge in [0, 0.05) is 12.7 Å². The SMILES string of the molecule is CCOC(=O)NC(=O)C[NH+](CC)CC(=O)N(C)c1ccccc1. The van der Waals surface area contributed by atoms with Crippen LogP contribution in [0.1, 0.15) is 13.8 Å². The van der Waals surface area contributed by atoms with Crippen molar-refractivity contribution >= 4 is 23.6 Å². The van der Waals surface area contributed by atoms with Crippen molar-refractivity contribution in [3.8, 4) is 0 Å². The van der Waals surface area contributed by atoms with E-state index in [2.05, 4.69) is 10.1 Å². The monoisotopic (exact) mass is 322 g/mol. The van der Waals surface area contributed by atoms with E-state index < -0.39 is 12.0 Å². The summed E-state index contributed by atoms with van der Waals surface area (Å²) in [4.78, 5) is 37.6. The standard InChI is InChI=1S/C16H23N3O4/c1-4-19(11-14(20)17-16(22)23-5-2)12-15(21)18(3)13-9-7-6-8-10-13/h6-10H,4-5,11-12H2,1-3H3,(H,17,20,22)/p+1. The molecule has 0 aliphatic heterocycles. The second-order valence-corrected chi connectivity index (χ2v) is 5.01. The lowest BCUT2D eigenvalue weighted by molar-refractivity contribution is -0.881. The number of ether oxygens (including phenoxy) is 1. The number of anilines is 1. The van der Waals surface area contributed by atoms with Gasteiger partial charge in [-0.3, -0.25) is 14.9 Å². The molecule has 0 saturated carbocycles. The third kappa shape index (κ3) is 6.48. The molecule has 0 spiro atoms. The van der Waals surface area contributed by atoms with Crippen LogP contribution < -0.4 is 15.1 Å². The van der Waals surface area contributed by atoms with E-state index in [0.717, 1.165) is 10.6 Å². The van der Waals surface area contributed by atoms with Gasteiger partial charge in [-0.15, -0.1) is 0 Å². The highest BCUT2D eigenvalue weighted by Crippen LogP contribution is 2.10. The zero-order valence-electron chi connectivity index (χ0n) is 13.8. The van der Waals surface area contributed by atoms with E-state index in [1.54, 1.807) is 18.9 Å². The molecule has 3 amide bonds. The van der Waals surface area contributed by atoms with Crippen LogP contribution in [0, 0.1) is 0 Å². The van der Waals surface area contributed by atoms with Crippen LogP contribution in [-0.2, 0) is 14.3 Å². The first-order valence-electron chi connectivity index (χ1n) is 7.59. The molecular formula is C16H24N3O4+. The van der Waals surface area contributed by atoms with Crippen LogP contribution in [-0.4, -0.2) is 51.2 Å². The van der Waals surface area contributed by atoms with Crippen LogP contribution in [0.5, 0.6) is 0 Å². The van der Waals surface area contributed by atoms with Crippen LogP contribution in [0.25, 0.3) is 0 Å². The Morgan fingerprint density at radius 2 is 1.78 bits per heavy atom. The molecule has 1 aromatic carbocycles. The fourth-order valence-electron chi connectivity index (χ4n) is 1.99. The van der Waals surface area contributed by atoms with E-state index in [9.17, 15) is 14.4 Å². The number of nitrogens with one attached hydrogen (secondary N) is 2. The van der Waals surface area contributed by atoms with Crippen molar-refractivity contribution < 1.29 is 24.0 Å². The Morgan fingerprint density at radius 3 is 2.35 bits per heavy atom. The molecular weight excluding hydrogens is 298 g/mol. The Balaban J connectivity index is 2.53. The van der Waals surface area contributed by atoms with Crippen molar-refractivity contribution in [2.75, 3.05) is 38.2 Å². The van der Waals surface area contributed by atoms with E-state index in [1.165, 1.54) is 0 Å². The zero-order valence-corrected chi connectivity index (χ0v) is 13.8. The number of rotatable bonds is 7. The van der Waals surface area contributed by atoms with Crippen molar-refractivity contribution in [2.24, 2.45) is 0 Å². The summed E-state index contributed by atoms with van der Waals surface area (Å²) in [6, 6.07) is 9.28. The maximum atomic E-state index is 12.3. The van der Waals surface area contributed by atoms with Gasteiger partial charge in [0.05, 0.1) is 13.2 Å². The number of hydrogen-bond acceptors (Lipinski definition) is 4. The Hall–Kier alpha value is -2.41. The Labute approximate surface area is 136 Å². The predicted molar refractivity (Wildman–Crippen MR) is 86.3 cm³/mol. The molecule has 1 rings (SSSR count). The maximum Gasteiger partial charge on any atom is 0.414 e. The summed E-state index contributed by atoms with van der Waals surface area (Å²) in [6.45, 7) is 4.52. The quantitative estimate of drug-likeness (QED) is 0.730. The second-order valence-electron chi connectivity index (χ2n) is 5.01. The number of carbonyl (C=O) groups is 3. The van der Waals surface area contributed by atoms with E-state index >= 15 is 0 Å². The smallest absolute Gasteiger partial charge is 0.414 e. The summed E-state index contributed by atoms with van der Waals surface area (Å²) >= 11 is 0. The van der Waals surface area contributed by atoms with Gasteiger partial charge in [0.25, 0.3) is 11.8 Å². The van der Waals surface area contributed by atoms with Gasteiger partial charge in [-0.2, -0.15) is 0 Å². The Bertz CT molecular complexity index is 533. The largest absolute Gasteiger partial charge is 0.450 e. The molecule has 0 fully saturated rings. The first-order chi connectivity index (χ1) is 11.0. The normalized spacial score (nSPS) is 11.4. The maximum absolute atomic E-state index is 12.3. The van der Waals surface area contributed by atoms with Gasteiger partial charge >= 0.3 is 6.09 Å². The minimum absolute atomic E-state index is 0.0314. The molecule has 1 unspecified atom stereocenters. The van der Waals surface area contributed by atoms with Crippen molar-refractivity contribution in [3.05, 3.63) is 30.3 Å². The van der Waals surface area contributed by atoms with Crippen molar-refractivity contribution in [2.45, 2.75) is 13.8 Å². The molecule has 0 saturated heterocycles. The molecule has 0 heterocycles. The highest BCUT2D eigenvalue weighted by molar-refractivity contribution is 5.94. The number of imide groups is 1. The summed E-state index contributed by atoms with van der Waals surface area (Å²) in [6.07, 6.45) is -0.763. The molecule has 0 aliphatic carbocycles. The third-order valence-electron chi connectivity index (χ3n) is 3.35. The van der Waals surface area contributed by atoms with Crippen LogP contribution >= 0.6 is 0 Å². The number of para-hydroxylation sites is 1. The molecule has 0 aromatic heterocycles. The van der Waals surface area contributed by atoms with Gasteiger partial charge in [-0.05, 0) is 26.0 Å². The number of hydrogen-bond donors (Lipinski definition) is 2. The number of likely N-dealkylation sites (N-methyl/N-ethyl adjacent to an activating group) is 2. The highest BCUT2D eigenvalue weighted by Gasteiger charge is 2.21. The van der Waals surface area contributed by atoms with E-state index in [-0.39, 0.29) is 25.6 Å². The first kappa shape index (κ1) is 18.6. The van der Waals surface area contributed by atoms with Crippen molar-refractivity contribution in [3.63, 3.8) is 0 Å². The summed E-state index contributed by atoms with van der Waals surface area (Å²) in [5, 5.41) is 2.13. The van der Waals surface area contributed by atoms with Gasteiger partial charge in [-0.25, -0.2) is 4.79 Å². The number of nitrogens with zero attached hydrogens (tertiary/aromatic N) is 1. The number of amides is 3. The predicted octanol–water partition coefficient (Wildman–Crippen LogP) is -0.173. The number of quaternary nitrogens is 1. The summed E-state index contributed by atoms with van der Waals surface area (Å²) in [5.41, 5.74) is 0.795. The lowest BCUT2D eigenvalue weighted by atomic mass is 10.3. The van der Waals surface area contributed by atoms with Crippen molar-refractivity contribution in [1.29, 1.82) is 0 Å². The van der Waals surface area contributed by atoms with Gasteiger partial charge in [-0.1, -0.05) is 18.2 Å². The third-order valence-corrected chi connectivity index (χ3v) is 3.35. The van der Waals surface area contributed by atoms with Gasteiger partial charge in [0.2, 0.25) is 0 Å². The van der Waals surface area contributed by atoms with Gasteiger partial charge in [0.15, 0.2) is 13.1 Å². The highest BCUT2D eigenvalue weighted by atomic mass is 16.5. The molecule has 7 heteroatoms. The molecule has 23 heavy (non-hydrogen) atoms. The molecule has 0 aliphatic rings. The van der Waals surface area contributed by atoms with Crippen LogP contribution in [0.15, 0.2) is 30.3 Å². The molecule has 7 nitrogen and oxygen atoms in total. The molecule has 0 bridgehead atoms. The molecule has 126 valence electrons. The Kier molecular flexibility index (Phi) is 7.76. The van der Waals surface area contributed by atoms with Gasteiger partial charge in [0.1, 0.15) is 0 Å². The molecule has 1 aromatic rings. The van der Waals surface area contributed by atoms with Gasteiger partial charge < -0.3 is 14.5 Å². The lowest BCUT2D eigenvalue weighted by Gasteiger charge is -2.21. The van der Waals surface area contributed by atoms with Crippen LogP contribution in [0.2, 0.25) is 0 Å². The molecule has 2 N–H and O–H groups in total. The summed E-state index contributed by atoms with van der Waals surface area (Å²) in [5.74, 6) is -0.563. The van der Waals surface area contributed by atoms with Crippen molar-refractivity contribution in [1.82, 2.24) is 5.32 Å². The molecule has 0 radical (unpaired) electrons. The lowest BCUT2D eigenvalue weighted by Crippen LogP contribution is -3.14. The molecule has 1 atom stereocenters. The van der Waals surface area contributed by atoms with E-state index in [4.69, 9.17) is 0 Å². The Morgan fingerprint density at radius 1 is 1.13 bits per heavy atom. The van der Waals surface area contributed by atoms with Crippen LogP contribution in [0.4, 0.5) is 10.5 Å². The van der Waals surface area contributed by atoms with E-state index in [1.807, 2.05) is 37.3 Å². The first-order valence-corrected chi connectivity index (χ1v) is 7.59. The topological polar surface area (TPSA) is 80.1 Å². The number of alkyl carbamates (subject to hydrolysis) is 1. The minimum atomic E-state index is -0.763. The average molecular weight is 322 g/mol. The number of carbonyl (C=O) groups excluding carboxylic acids is 3. The summed E-state index contributed by atoms with van der Waals surface area (Å²) in [7, 11) is 1.70. The average Bonchev–Trinajstić information content (AvgIpc) is 2.54. The zero-order chi connectivity index (χ0) is 17.2. The number of benzene rings is 1. The fraction of sp³-hybridized carbons (Fsp3) is 0.438. The minimum Gasteiger partial charge on any atom is -0.450 e. The van der Waals surface area contributed by atoms with E-state index in [0.29, 0.717) is 6.54 Å². The summed E-state index contributed by atoms with van der Waals surface area (Å²) < 4.78 is 4.65. The van der Waals surface area contributed by atoms with Crippen LogP contribution in [0.3, 0.4) is 0 Å². The second kappa shape index (κ2) is 9.58.